The summed E-state index contributed by atoms with van der Waals surface area (Å²) in [7, 11) is 2.20. The summed E-state index contributed by atoms with van der Waals surface area (Å²) in [6.07, 6.45) is 2.71. The van der Waals surface area contributed by atoms with E-state index >= 15 is 0 Å². The summed E-state index contributed by atoms with van der Waals surface area (Å²) in [5.74, 6) is 0.667. The van der Waals surface area contributed by atoms with Crippen LogP contribution >= 0.6 is 0 Å². The summed E-state index contributed by atoms with van der Waals surface area (Å²) in [6.45, 7) is 10.1. The first-order chi connectivity index (χ1) is 8.99. The number of nitrogens with one attached hydrogen (secondary N) is 1. The molecular weight excluding hydrogens is 232 g/mol. The number of nitrogens with zero attached hydrogens (tertiary/aromatic N) is 1. The summed E-state index contributed by atoms with van der Waals surface area (Å²) in [5, 5.41) is 3.58. The first-order valence-corrected chi connectivity index (χ1v) is 7.54. The van der Waals surface area contributed by atoms with Gasteiger partial charge in [0.15, 0.2) is 0 Å². The van der Waals surface area contributed by atoms with Gasteiger partial charge >= 0.3 is 0 Å². The van der Waals surface area contributed by atoms with Gasteiger partial charge in [0.25, 0.3) is 0 Å². The average Bonchev–Trinajstić information content (AvgIpc) is 3.18. The van der Waals surface area contributed by atoms with Crippen molar-refractivity contribution in [1.82, 2.24) is 5.32 Å². The minimum absolute atomic E-state index is 0.564. The minimum atomic E-state index is 0.564. The third kappa shape index (κ3) is 3.73. The summed E-state index contributed by atoms with van der Waals surface area (Å²) < 4.78 is 0. The Kier molecular flexibility index (Phi) is 4.51. The molecule has 2 heteroatoms. The van der Waals surface area contributed by atoms with Gasteiger partial charge in [-0.15, -0.1) is 0 Å². The predicted octanol–water partition coefficient (Wildman–Crippen LogP) is 3.73. The molecular formula is C17H28N2. The lowest BCUT2D eigenvalue weighted by molar-refractivity contribution is 0.505. The van der Waals surface area contributed by atoms with Gasteiger partial charge in [-0.3, -0.25) is 0 Å². The fraction of sp³-hybridized carbons (Fsp3) is 0.647. The SMILES string of the molecule is Cc1cc(CNC2CC2)ccc1N(C)C(C)C(C)C. The molecule has 2 nitrogen and oxygen atoms in total. The van der Waals surface area contributed by atoms with Crippen LogP contribution in [-0.2, 0) is 6.54 Å². The maximum Gasteiger partial charge on any atom is 0.0396 e. The Labute approximate surface area is 118 Å². The van der Waals surface area contributed by atoms with Crippen molar-refractivity contribution in [3.8, 4) is 0 Å². The highest BCUT2D eigenvalue weighted by atomic mass is 15.1. The highest BCUT2D eigenvalue weighted by Gasteiger charge is 2.20. The van der Waals surface area contributed by atoms with Crippen molar-refractivity contribution in [1.29, 1.82) is 0 Å². The maximum atomic E-state index is 3.58. The number of hydrogen-bond donors (Lipinski definition) is 1. The van der Waals surface area contributed by atoms with Crippen molar-refractivity contribution < 1.29 is 0 Å². The standard InChI is InChI=1S/C17H28N2/c1-12(2)14(4)19(5)17-9-6-15(10-13(17)3)11-18-16-7-8-16/h6,9-10,12,14,16,18H,7-8,11H2,1-5H3. The topological polar surface area (TPSA) is 15.3 Å². The smallest absolute Gasteiger partial charge is 0.0396 e. The van der Waals surface area contributed by atoms with E-state index in [2.05, 4.69) is 63.2 Å². The highest BCUT2D eigenvalue weighted by molar-refractivity contribution is 5.54. The van der Waals surface area contributed by atoms with Crippen molar-refractivity contribution in [2.75, 3.05) is 11.9 Å². The van der Waals surface area contributed by atoms with Gasteiger partial charge in [-0.05, 0) is 49.8 Å². The lowest BCUT2D eigenvalue weighted by Crippen LogP contribution is -2.33. The van der Waals surface area contributed by atoms with Crippen LogP contribution in [0, 0.1) is 12.8 Å². The molecule has 0 spiro atoms. The first-order valence-electron chi connectivity index (χ1n) is 7.54. The van der Waals surface area contributed by atoms with Crippen molar-refractivity contribution in [2.24, 2.45) is 5.92 Å². The van der Waals surface area contributed by atoms with Crippen LogP contribution in [0.5, 0.6) is 0 Å². The zero-order valence-electron chi connectivity index (χ0n) is 13.0. The predicted molar refractivity (Wildman–Crippen MR) is 83.7 cm³/mol. The van der Waals surface area contributed by atoms with Crippen LogP contribution in [0.2, 0.25) is 0 Å². The number of anilines is 1. The van der Waals surface area contributed by atoms with E-state index in [1.165, 1.54) is 29.7 Å². The number of aryl methyl sites for hydroxylation is 1. The zero-order valence-corrected chi connectivity index (χ0v) is 13.0. The molecule has 1 fully saturated rings. The van der Waals surface area contributed by atoms with Gasteiger partial charge in [0, 0.05) is 31.4 Å². The Morgan fingerprint density at radius 2 is 1.95 bits per heavy atom. The number of rotatable bonds is 6. The molecule has 1 aliphatic carbocycles. The van der Waals surface area contributed by atoms with Gasteiger partial charge in [-0.25, -0.2) is 0 Å². The molecule has 0 heterocycles. The number of benzene rings is 1. The normalized spacial score (nSPS) is 16.7. The Bertz CT molecular complexity index is 421. The first kappa shape index (κ1) is 14.4. The van der Waals surface area contributed by atoms with Crippen LogP contribution in [0.25, 0.3) is 0 Å². The van der Waals surface area contributed by atoms with E-state index in [4.69, 9.17) is 0 Å². The second-order valence-electron chi connectivity index (χ2n) is 6.37. The van der Waals surface area contributed by atoms with Crippen LogP contribution in [0.4, 0.5) is 5.69 Å². The molecule has 1 unspecified atom stereocenters. The lowest BCUT2D eigenvalue weighted by atomic mass is 10.0. The van der Waals surface area contributed by atoms with E-state index in [0.29, 0.717) is 12.0 Å². The van der Waals surface area contributed by atoms with Crippen LogP contribution in [-0.4, -0.2) is 19.1 Å². The molecule has 0 amide bonds. The minimum Gasteiger partial charge on any atom is -0.371 e. The molecule has 1 aliphatic rings. The van der Waals surface area contributed by atoms with Crippen LogP contribution in [0.15, 0.2) is 18.2 Å². The summed E-state index contributed by atoms with van der Waals surface area (Å²) in [6, 6.07) is 8.21. The molecule has 1 N–H and O–H groups in total. The zero-order chi connectivity index (χ0) is 14.0. The molecule has 0 bridgehead atoms. The van der Waals surface area contributed by atoms with E-state index in [-0.39, 0.29) is 0 Å². The molecule has 106 valence electrons. The average molecular weight is 260 g/mol. The van der Waals surface area contributed by atoms with Crippen molar-refractivity contribution >= 4 is 5.69 Å². The third-order valence-electron chi connectivity index (χ3n) is 4.39. The largest absolute Gasteiger partial charge is 0.371 e. The van der Waals surface area contributed by atoms with E-state index in [0.717, 1.165) is 12.6 Å². The Hall–Kier alpha value is -1.02. The molecule has 1 aromatic carbocycles. The molecule has 1 aromatic rings. The van der Waals surface area contributed by atoms with Crippen molar-refractivity contribution in [3.05, 3.63) is 29.3 Å². The van der Waals surface area contributed by atoms with E-state index in [1.807, 2.05) is 0 Å². The molecule has 2 rings (SSSR count). The van der Waals surface area contributed by atoms with Gasteiger partial charge in [-0.1, -0.05) is 26.0 Å². The second-order valence-corrected chi connectivity index (χ2v) is 6.37. The quantitative estimate of drug-likeness (QED) is 0.838. The van der Waals surface area contributed by atoms with Gasteiger partial charge < -0.3 is 10.2 Å². The monoisotopic (exact) mass is 260 g/mol. The van der Waals surface area contributed by atoms with Crippen molar-refractivity contribution in [2.45, 2.75) is 59.2 Å². The molecule has 0 aromatic heterocycles. The summed E-state index contributed by atoms with van der Waals surface area (Å²) >= 11 is 0. The van der Waals surface area contributed by atoms with Crippen molar-refractivity contribution in [3.63, 3.8) is 0 Å². The Balaban J connectivity index is 2.04. The fourth-order valence-corrected chi connectivity index (χ4v) is 2.44. The second kappa shape index (κ2) is 5.96. The lowest BCUT2D eigenvalue weighted by Gasteiger charge is -2.31. The Morgan fingerprint density at radius 1 is 1.26 bits per heavy atom. The van der Waals surface area contributed by atoms with Gasteiger partial charge in [0.05, 0.1) is 0 Å². The van der Waals surface area contributed by atoms with E-state index in [9.17, 15) is 0 Å². The molecule has 1 atom stereocenters. The molecule has 19 heavy (non-hydrogen) atoms. The maximum absolute atomic E-state index is 3.58. The molecule has 0 radical (unpaired) electrons. The summed E-state index contributed by atoms with van der Waals surface area (Å²) in [4.78, 5) is 2.40. The third-order valence-corrected chi connectivity index (χ3v) is 4.39. The van der Waals surface area contributed by atoms with Gasteiger partial charge in [0.1, 0.15) is 0 Å². The summed E-state index contributed by atoms with van der Waals surface area (Å²) in [5.41, 5.74) is 4.14. The van der Waals surface area contributed by atoms with Gasteiger partial charge in [-0.2, -0.15) is 0 Å². The van der Waals surface area contributed by atoms with Crippen LogP contribution < -0.4 is 10.2 Å². The Morgan fingerprint density at radius 3 is 2.47 bits per heavy atom. The number of hydrogen-bond acceptors (Lipinski definition) is 2. The molecule has 1 saturated carbocycles. The molecule has 0 saturated heterocycles. The fourth-order valence-electron chi connectivity index (χ4n) is 2.44. The molecule has 0 aliphatic heterocycles. The van der Waals surface area contributed by atoms with Crippen LogP contribution in [0.3, 0.4) is 0 Å². The highest BCUT2D eigenvalue weighted by Crippen LogP contribution is 2.25. The van der Waals surface area contributed by atoms with Gasteiger partial charge in [0.2, 0.25) is 0 Å². The van der Waals surface area contributed by atoms with E-state index in [1.54, 1.807) is 0 Å². The van der Waals surface area contributed by atoms with E-state index < -0.39 is 0 Å². The van der Waals surface area contributed by atoms with Crippen LogP contribution in [0.1, 0.15) is 44.7 Å².